The molecule has 0 aromatic heterocycles. The highest BCUT2D eigenvalue weighted by atomic mass is 16.4. The Hall–Kier alpha value is -3.01. The van der Waals surface area contributed by atoms with E-state index < -0.39 is 11.8 Å². The van der Waals surface area contributed by atoms with E-state index in [1.807, 2.05) is 6.07 Å². The highest BCUT2D eigenvalue weighted by molar-refractivity contribution is 6.41. The number of rotatable bonds is 2. The van der Waals surface area contributed by atoms with E-state index in [-0.39, 0.29) is 28.0 Å². The number of fused-ring (bicyclic) bond motifs is 1. The minimum absolute atomic E-state index is 0.0479. The van der Waals surface area contributed by atoms with E-state index in [1.165, 1.54) is 24.3 Å². The lowest BCUT2D eigenvalue weighted by atomic mass is 10.1. The summed E-state index contributed by atoms with van der Waals surface area (Å²) in [6.45, 7) is 0. The van der Waals surface area contributed by atoms with Crippen LogP contribution in [0.3, 0.4) is 0 Å². The second-order valence-electron chi connectivity index (χ2n) is 4.67. The second-order valence-corrected chi connectivity index (χ2v) is 4.67. The number of Topliss-reactive ketones (excluding diaryl/α,β-unsaturated/α-hetero) is 2. The number of aromatic carboxylic acids is 1. The summed E-state index contributed by atoms with van der Waals surface area (Å²) in [5.74, 6) is -2.22. The molecule has 2 aromatic rings. The molecule has 0 fully saturated rings. The van der Waals surface area contributed by atoms with E-state index in [0.717, 1.165) is 5.56 Å². The fraction of sp³-hybridized carbons (Fsp3) is 0. The molecule has 1 aliphatic carbocycles. The molecule has 0 unspecified atom stereocenters. The minimum atomic E-state index is -1.38. The van der Waals surface area contributed by atoms with Crippen molar-refractivity contribution in [2.24, 2.45) is 0 Å². The standard InChI is InChI=1S/C17H10O4/c18-15-12-7-6-11(17(20)21)9-13(12)16(19)14(15)8-10-4-2-1-3-5-10/h1-9H,(H,20,21)/p-1/b14-8+. The highest BCUT2D eigenvalue weighted by Gasteiger charge is 2.33. The zero-order chi connectivity index (χ0) is 15.0. The largest absolute Gasteiger partial charge is 0.545 e. The van der Waals surface area contributed by atoms with Gasteiger partial charge in [-0.1, -0.05) is 36.4 Å². The summed E-state index contributed by atoms with van der Waals surface area (Å²) >= 11 is 0. The number of benzene rings is 2. The van der Waals surface area contributed by atoms with Gasteiger partial charge in [0.15, 0.2) is 11.6 Å². The number of carboxylic acids is 1. The van der Waals surface area contributed by atoms with Crippen LogP contribution in [0.5, 0.6) is 0 Å². The molecule has 1 aliphatic rings. The van der Waals surface area contributed by atoms with Crippen LogP contribution in [0.1, 0.15) is 36.6 Å². The molecule has 4 heteroatoms. The number of allylic oxidation sites excluding steroid dienone is 1. The fourth-order valence-electron chi connectivity index (χ4n) is 2.30. The molecule has 3 rings (SSSR count). The Balaban J connectivity index is 2.09. The minimum Gasteiger partial charge on any atom is -0.545 e. The van der Waals surface area contributed by atoms with Crippen LogP contribution >= 0.6 is 0 Å². The summed E-state index contributed by atoms with van der Waals surface area (Å²) < 4.78 is 0. The van der Waals surface area contributed by atoms with Gasteiger partial charge in [0.25, 0.3) is 0 Å². The molecule has 0 saturated carbocycles. The summed E-state index contributed by atoms with van der Waals surface area (Å²) in [4.78, 5) is 35.4. The first-order chi connectivity index (χ1) is 10.1. The lowest BCUT2D eigenvalue weighted by Crippen LogP contribution is -2.22. The van der Waals surface area contributed by atoms with Crippen molar-refractivity contribution >= 4 is 23.6 Å². The van der Waals surface area contributed by atoms with Gasteiger partial charge in [0.1, 0.15) is 0 Å². The van der Waals surface area contributed by atoms with Crippen LogP contribution in [0.25, 0.3) is 6.08 Å². The van der Waals surface area contributed by atoms with Gasteiger partial charge in [0.2, 0.25) is 0 Å². The van der Waals surface area contributed by atoms with Crippen molar-refractivity contribution in [3.8, 4) is 0 Å². The molecule has 2 aromatic carbocycles. The maximum atomic E-state index is 12.3. The molecule has 102 valence electrons. The first-order valence-corrected chi connectivity index (χ1v) is 6.29. The van der Waals surface area contributed by atoms with Crippen molar-refractivity contribution in [3.63, 3.8) is 0 Å². The molecule has 0 radical (unpaired) electrons. The van der Waals surface area contributed by atoms with E-state index in [2.05, 4.69) is 0 Å². The molecular formula is C17H9O4-. The third-order valence-electron chi connectivity index (χ3n) is 3.34. The number of hydrogen-bond acceptors (Lipinski definition) is 4. The summed E-state index contributed by atoms with van der Waals surface area (Å²) in [6.07, 6.45) is 1.52. The highest BCUT2D eigenvalue weighted by Crippen LogP contribution is 2.28. The molecule has 0 N–H and O–H groups in total. The number of carboxylic acid groups (broad SMARTS) is 1. The van der Waals surface area contributed by atoms with Crippen LogP contribution in [-0.4, -0.2) is 17.5 Å². The number of ketones is 2. The average Bonchev–Trinajstić information content (AvgIpc) is 2.73. The van der Waals surface area contributed by atoms with E-state index in [4.69, 9.17) is 0 Å². The lowest BCUT2D eigenvalue weighted by molar-refractivity contribution is -0.255. The maximum absolute atomic E-state index is 12.3. The van der Waals surface area contributed by atoms with Crippen molar-refractivity contribution in [2.45, 2.75) is 0 Å². The Morgan fingerprint density at radius 1 is 0.905 bits per heavy atom. The van der Waals surface area contributed by atoms with E-state index in [1.54, 1.807) is 24.3 Å². The van der Waals surface area contributed by atoms with Crippen LogP contribution < -0.4 is 5.11 Å². The maximum Gasteiger partial charge on any atom is 0.197 e. The molecule has 21 heavy (non-hydrogen) atoms. The van der Waals surface area contributed by atoms with E-state index in [0.29, 0.717) is 0 Å². The molecule has 4 nitrogen and oxygen atoms in total. The molecule has 0 saturated heterocycles. The Bertz CT molecular complexity index is 801. The average molecular weight is 277 g/mol. The first kappa shape index (κ1) is 13.0. The second kappa shape index (κ2) is 4.83. The van der Waals surface area contributed by atoms with Crippen molar-refractivity contribution < 1.29 is 19.5 Å². The normalized spacial score (nSPS) is 15.3. The molecule has 0 amide bonds. The molecule has 0 atom stereocenters. The van der Waals surface area contributed by atoms with Crippen LogP contribution in [-0.2, 0) is 0 Å². The van der Waals surface area contributed by atoms with Gasteiger partial charge < -0.3 is 9.90 Å². The Morgan fingerprint density at radius 3 is 2.24 bits per heavy atom. The molecular weight excluding hydrogens is 268 g/mol. The van der Waals surface area contributed by atoms with Gasteiger partial charge in [0, 0.05) is 11.1 Å². The van der Waals surface area contributed by atoms with Gasteiger partial charge in [0.05, 0.1) is 11.5 Å². The van der Waals surface area contributed by atoms with Gasteiger partial charge in [-0.25, -0.2) is 0 Å². The smallest absolute Gasteiger partial charge is 0.197 e. The predicted molar refractivity (Wildman–Crippen MR) is 73.9 cm³/mol. The Kier molecular flexibility index (Phi) is 2.99. The van der Waals surface area contributed by atoms with Crippen LogP contribution in [0, 0.1) is 0 Å². The van der Waals surface area contributed by atoms with Gasteiger partial charge in [-0.2, -0.15) is 0 Å². The van der Waals surface area contributed by atoms with Crippen molar-refractivity contribution in [1.82, 2.24) is 0 Å². The molecule has 0 aliphatic heterocycles. The summed E-state index contributed by atoms with van der Waals surface area (Å²) in [6, 6.07) is 12.8. The van der Waals surface area contributed by atoms with E-state index in [9.17, 15) is 19.5 Å². The summed E-state index contributed by atoms with van der Waals surface area (Å²) in [5, 5.41) is 10.8. The van der Waals surface area contributed by atoms with Gasteiger partial charge in [-0.3, -0.25) is 9.59 Å². The van der Waals surface area contributed by atoms with Gasteiger partial charge >= 0.3 is 0 Å². The third kappa shape index (κ3) is 2.17. The fourth-order valence-corrected chi connectivity index (χ4v) is 2.30. The number of carbonyl (C=O) groups excluding carboxylic acids is 3. The summed E-state index contributed by atoms with van der Waals surface area (Å²) in [5.41, 5.74) is 1.01. The van der Waals surface area contributed by atoms with Crippen LogP contribution in [0.15, 0.2) is 54.1 Å². The topological polar surface area (TPSA) is 74.3 Å². The monoisotopic (exact) mass is 277 g/mol. The molecule has 0 bridgehead atoms. The Morgan fingerprint density at radius 2 is 1.57 bits per heavy atom. The molecule has 0 spiro atoms. The van der Waals surface area contributed by atoms with Crippen LogP contribution in [0.4, 0.5) is 0 Å². The third-order valence-corrected chi connectivity index (χ3v) is 3.34. The van der Waals surface area contributed by atoms with Crippen molar-refractivity contribution in [2.75, 3.05) is 0 Å². The van der Waals surface area contributed by atoms with Crippen molar-refractivity contribution in [1.29, 1.82) is 0 Å². The molecule has 0 heterocycles. The zero-order valence-corrected chi connectivity index (χ0v) is 10.8. The first-order valence-electron chi connectivity index (χ1n) is 6.29. The van der Waals surface area contributed by atoms with Gasteiger partial charge in [-0.15, -0.1) is 0 Å². The lowest BCUT2D eigenvalue weighted by Gasteiger charge is -2.03. The predicted octanol–water partition coefficient (Wildman–Crippen LogP) is 1.51. The zero-order valence-electron chi connectivity index (χ0n) is 10.8. The van der Waals surface area contributed by atoms with Crippen molar-refractivity contribution in [3.05, 3.63) is 76.4 Å². The number of hydrogen-bond donors (Lipinski definition) is 0. The van der Waals surface area contributed by atoms with E-state index >= 15 is 0 Å². The number of carbonyl (C=O) groups is 3. The SMILES string of the molecule is O=C([O-])c1ccc2c(c1)C(=O)/C(=C/c1ccccc1)C2=O. The Labute approximate surface area is 120 Å². The van der Waals surface area contributed by atoms with Crippen LogP contribution in [0.2, 0.25) is 0 Å². The summed E-state index contributed by atoms with van der Waals surface area (Å²) in [7, 11) is 0. The van der Waals surface area contributed by atoms with Gasteiger partial charge in [-0.05, 0) is 29.3 Å². The quantitative estimate of drug-likeness (QED) is 0.616.